The molecule has 0 amide bonds. The van der Waals surface area contributed by atoms with Gasteiger partial charge in [0.25, 0.3) is 0 Å². The molecule has 0 aliphatic heterocycles. The van der Waals surface area contributed by atoms with E-state index in [9.17, 15) is 4.79 Å². The van der Waals surface area contributed by atoms with Crippen LogP contribution in [0.15, 0.2) is 77.6 Å². The maximum absolute atomic E-state index is 10.6. The molecule has 0 radical (unpaired) electrons. The van der Waals surface area contributed by atoms with Crippen molar-refractivity contribution in [3.63, 3.8) is 0 Å². The van der Waals surface area contributed by atoms with Gasteiger partial charge in [-0.2, -0.15) is 11.3 Å². The summed E-state index contributed by atoms with van der Waals surface area (Å²) >= 11 is 1.62. The molecule has 182 valence electrons. The number of thiophene rings is 1. The molecule has 9 nitrogen and oxygen atoms in total. The van der Waals surface area contributed by atoms with Crippen molar-refractivity contribution in [3.8, 4) is 34.2 Å². The Morgan fingerprint density at radius 2 is 1.58 bits per heavy atom. The summed E-state index contributed by atoms with van der Waals surface area (Å²) in [6.07, 6.45) is 2.41. The lowest BCUT2D eigenvalue weighted by molar-refractivity contribution is -0.139. The molecule has 0 atom stereocenters. The van der Waals surface area contributed by atoms with Gasteiger partial charge in [0.15, 0.2) is 6.61 Å². The summed E-state index contributed by atoms with van der Waals surface area (Å²) in [6, 6.07) is 18.5. The van der Waals surface area contributed by atoms with Crippen LogP contribution in [0.5, 0.6) is 17.4 Å². The second-order valence-corrected chi connectivity index (χ2v) is 8.52. The van der Waals surface area contributed by atoms with Crippen molar-refractivity contribution in [1.82, 2.24) is 20.0 Å². The largest absolute Gasteiger partial charge is 0.493 e. The van der Waals surface area contributed by atoms with E-state index in [0.717, 1.165) is 22.2 Å². The molecule has 0 bridgehead atoms. The van der Waals surface area contributed by atoms with Crippen molar-refractivity contribution < 1.29 is 24.1 Å². The van der Waals surface area contributed by atoms with Crippen LogP contribution in [0.3, 0.4) is 0 Å². The fourth-order valence-corrected chi connectivity index (χ4v) is 4.11. The molecule has 0 fully saturated rings. The zero-order valence-corrected chi connectivity index (χ0v) is 19.9. The number of ether oxygens (including phenoxy) is 3. The number of carbonyl (C=O) groups is 1. The highest BCUT2D eigenvalue weighted by atomic mass is 32.1. The standard InChI is InChI=1S/C26H22N4O5S/c31-25(32)16-35-21-8-6-20(7-9-21)33-11-3-12-34-26-24(14-19(15-27-26)18-10-13-36-17-18)30-28-22-4-1-2-5-23(22)29-30/h1-2,4-10,13-15,17H,3,11-12,16H2,(H,31,32). The molecule has 0 saturated carbocycles. The number of benzene rings is 2. The van der Waals surface area contributed by atoms with Crippen LogP contribution in [0.25, 0.3) is 27.8 Å². The predicted molar refractivity (Wildman–Crippen MR) is 135 cm³/mol. The van der Waals surface area contributed by atoms with Crippen LogP contribution >= 0.6 is 11.3 Å². The van der Waals surface area contributed by atoms with Gasteiger partial charge in [-0.05, 0) is 64.9 Å². The molecule has 3 heterocycles. The summed E-state index contributed by atoms with van der Waals surface area (Å²) in [7, 11) is 0. The predicted octanol–water partition coefficient (Wildman–Crippen LogP) is 4.86. The number of fused-ring (bicyclic) bond motifs is 1. The summed E-state index contributed by atoms with van der Waals surface area (Å²) in [5.74, 6) is 0.543. The molecular formula is C26H22N4O5S. The van der Waals surface area contributed by atoms with Gasteiger partial charge < -0.3 is 19.3 Å². The van der Waals surface area contributed by atoms with Gasteiger partial charge in [0, 0.05) is 18.2 Å². The Morgan fingerprint density at radius 3 is 2.25 bits per heavy atom. The molecule has 3 aromatic heterocycles. The summed E-state index contributed by atoms with van der Waals surface area (Å²) in [5, 5.41) is 22.0. The van der Waals surface area contributed by atoms with E-state index in [2.05, 4.69) is 20.6 Å². The summed E-state index contributed by atoms with van der Waals surface area (Å²) < 4.78 is 16.9. The van der Waals surface area contributed by atoms with Crippen molar-refractivity contribution in [1.29, 1.82) is 0 Å². The minimum atomic E-state index is -1.02. The molecule has 5 aromatic rings. The van der Waals surface area contributed by atoms with Gasteiger partial charge >= 0.3 is 5.97 Å². The number of carboxylic acids is 1. The van der Waals surface area contributed by atoms with Gasteiger partial charge in [-0.3, -0.25) is 0 Å². The van der Waals surface area contributed by atoms with Gasteiger partial charge in [-0.1, -0.05) is 12.1 Å². The highest BCUT2D eigenvalue weighted by Gasteiger charge is 2.14. The van der Waals surface area contributed by atoms with E-state index in [1.165, 1.54) is 0 Å². The van der Waals surface area contributed by atoms with Crippen molar-refractivity contribution in [3.05, 3.63) is 77.6 Å². The van der Waals surface area contributed by atoms with Gasteiger partial charge in [0.05, 0.1) is 13.2 Å². The minimum Gasteiger partial charge on any atom is -0.493 e. The van der Waals surface area contributed by atoms with Crippen molar-refractivity contribution >= 4 is 28.3 Å². The second kappa shape index (κ2) is 10.9. The van der Waals surface area contributed by atoms with E-state index in [4.69, 9.17) is 19.3 Å². The van der Waals surface area contributed by atoms with Crippen LogP contribution in [0.4, 0.5) is 0 Å². The Balaban J connectivity index is 1.23. The highest BCUT2D eigenvalue weighted by Crippen LogP contribution is 2.28. The first kappa shape index (κ1) is 23.3. The van der Waals surface area contributed by atoms with E-state index >= 15 is 0 Å². The Bertz CT molecular complexity index is 1420. The van der Waals surface area contributed by atoms with E-state index < -0.39 is 5.97 Å². The number of aromatic nitrogens is 4. The Morgan fingerprint density at radius 1 is 0.889 bits per heavy atom. The number of hydrogen-bond acceptors (Lipinski definition) is 8. The van der Waals surface area contributed by atoms with Crippen molar-refractivity contribution in [2.24, 2.45) is 0 Å². The van der Waals surface area contributed by atoms with Crippen LogP contribution in [-0.2, 0) is 4.79 Å². The van der Waals surface area contributed by atoms with Crippen LogP contribution in [0.1, 0.15) is 6.42 Å². The fourth-order valence-electron chi connectivity index (χ4n) is 3.44. The molecule has 0 saturated heterocycles. The zero-order chi connectivity index (χ0) is 24.7. The average molecular weight is 503 g/mol. The molecule has 0 unspecified atom stereocenters. The molecule has 0 spiro atoms. The smallest absolute Gasteiger partial charge is 0.341 e. The second-order valence-electron chi connectivity index (χ2n) is 7.74. The fraction of sp³-hybridized carbons (Fsp3) is 0.154. The molecular weight excluding hydrogens is 480 g/mol. The molecule has 10 heteroatoms. The molecule has 36 heavy (non-hydrogen) atoms. The van der Waals surface area contributed by atoms with Gasteiger partial charge in [0.1, 0.15) is 28.2 Å². The van der Waals surface area contributed by atoms with E-state index in [1.807, 2.05) is 41.8 Å². The van der Waals surface area contributed by atoms with E-state index in [0.29, 0.717) is 42.7 Å². The van der Waals surface area contributed by atoms with Crippen LogP contribution in [-0.4, -0.2) is 50.9 Å². The average Bonchev–Trinajstić information content (AvgIpc) is 3.58. The number of aliphatic carboxylic acids is 1. The SMILES string of the molecule is O=C(O)COc1ccc(OCCCOc2ncc(-c3ccsc3)cc2-n2nc3ccccc3n2)cc1. The third-order valence-corrected chi connectivity index (χ3v) is 5.85. The minimum absolute atomic E-state index is 0.383. The number of rotatable bonds is 11. The zero-order valence-electron chi connectivity index (χ0n) is 19.1. The first-order valence-corrected chi connectivity index (χ1v) is 12.2. The lowest BCUT2D eigenvalue weighted by Gasteiger charge is -2.12. The lowest BCUT2D eigenvalue weighted by Crippen LogP contribution is -2.10. The first-order valence-electron chi connectivity index (χ1n) is 11.2. The Labute approximate surface area is 210 Å². The molecule has 0 aliphatic rings. The first-order chi connectivity index (χ1) is 17.7. The summed E-state index contributed by atoms with van der Waals surface area (Å²) in [5.41, 5.74) is 4.27. The number of nitrogens with zero attached hydrogens (tertiary/aromatic N) is 4. The maximum Gasteiger partial charge on any atom is 0.341 e. The highest BCUT2D eigenvalue weighted by molar-refractivity contribution is 7.08. The van der Waals surface area contributed by atoms with E-state index in [-0.39, 0.29) is 6.61 Å². The molecule has 5 rings (SSSR count). The number of pyridine rings is 1. The third-order valence-electron chi connectivity index (χ3n) is 5.17. The van der Waals surface area contributed by atoms with Crippen molar-refractivity contribution in [2.45, 2.75) is 6.42 Å². The van der Waals surface area contributed by atoms with Crippen LogP contribution in [0.2, 0.25) is 0 Å². The lowest BCUT2D eigenvalue weighted by atomic mass is 10.1. The van der Waals surface area contributed by atoms with Crippen LogP contribution in [0, 0.1) is 0 Å². The maximum atomic E-state index is 10.6. The summed E-state index contributed by atoms with van der Waals surface area (Å²) in [4.78, 5) is 16.7. The molecule has 1 N–H and O–H groups in total. The normalized spacial score (nSPS) is 10.9. The molecule has 0 aliphatic carbocycles. The Kier molecular flexibility index (Phi) is 7.04. The Hall–Kier alpha value is -4.44. The molecule has 2 aromatic carbocycles. The van der Waals surface area contributed by atoms with Gasteiger partial charge in [-0.15, -0.1) is 15.0 Å². The van der Waals surface area contributed by atoms with Crippen LogP contribution < -0.4 is 14.2 Å². The van der Waals surface area contributed by atoms with E-state index in [1.54, 1.807) is 46.6 Å². The monoisotopic (exact) mass is 502 g/mol. The topological polar surface area (TPSA) is 109 Å². The number of hydrogen-bond donors (Lipinski definition) is 1. The van der Waals surface area contributed by atoms with Gasteiger partial charge in [-0.25, -0.2) is 9.78 Å². The summed E-state index contributed by atoms with van der Waals surface area (Å²) in [6.45, 7) is 0.436. The van der Waals surface area contributed by atoms with Gasteiger partial charge in [0.2, 0.25) is 5.88 Å². The quantitative estimate of drug-likeness (QED) is 0.255. The number of carboxylic acid groups (broad SMARTS) is 1. The third kappa shape index (κ3) is 5.61. The van der Waals surface area contributed by atoms with Crippen molar-refractivity contribution in [2.75, 3.05) is 19.8 Å².